The third-order valence-electron chi connectivity index (χ3n) is 1.00. The maximum absolute atomic E-state index is 10.3. The fraction of sp³-hybridized carbons (Fsp3) is 0.400. The lowest BCUT2D eigenvalue weighted by Crippen LogP contribution is -2.29. The van der Waals surface area contributed by atoms with Crippen LogP contribution in [0.5, 0.6) is 0 Å². The number of carbonyl (C=O) groups is 1. The molecular weight excluding hydrogens is 106 g/mol. The molecule has 1 aliphatic rings. The van der Waals surface area contributed by atoms with Gasteiger partial charge in [0.2, 0.25) is 5.91 Å². The highest BCUT2D eigenvalue weighted by Crippen LogP contribution is 1.92. The van der Waals surface area contributed by atoms with Gasteiger partial charge in [0.25, 0.3) is 0 Å². The average molecular weight is 113 g/mol. The molecule has 0 aromatic carbocycles. The van der Waals surface area contributed by atoms with Crippen LogP contribution in [0.4, 0.5) is 0 Å². The summed E-state index contributed by atoms with van der Waals surface area (Å²) >= 11 is 0. The smallest absolute Gasteiger partial charge is 0.244 e. The van der Waals surface area contributed by atoms with Gasteiger partial charge in [0.15, 0.2) is 0 Å². The molecule has 3 heteroatoms. The van der Waals surface area contributed by atoms with Gasteiger partial charge < -0.3 is 10.4 Å². The molecule has 1 rings (SSSR count). The van der Waals surface area contributed by atoms with Crippen molar-refractivity contribution in [2.24, 2.45) is 0 Å². The maximum Gasteiger partial charge on any atom is 0.244 e. The molecule has 44 valence electrons. The first-order valence-electron chi connectivity index (χ1n) is 2.42. The van der Waals surface area contributed by atoms with E-state index in [4.69, 9.17) is 5.11 Å². The predicted octanol–water partition coefficient (Wildman–Crippen LogP) is -0.967. The van der Waals surface area contributed by atoms with E-state index in [-0.39, 0.29) is 18.6 Å². The Morgan fingerprint density at radius 1 is 1.88 bits per heavy atom. The zero-order chi connectivity index (χ0) is 5.98. The Labute approximate surface area is 47.0 Å². The average Bonchev–Trinajstić information content (AvgIpc) is 2.14. The Hall–Kier alpha value is -0.830. The summed E-state index contributed by atoms with van der Waals surface area (Å²) in [6.45, 7) is -0.0117. The van der Waals surface area contributed by atoms with Crippen LogP contribution in [0.3, 0.4) is 0 Å². The van der Waals surface area contributed by atoms with Crippen LogP contribution in [-0.2, 0) is 4.79 Å². The first-order valence-corrected chi connectivity index (χ1v) is 2.42. The molecule has 1 aliphatic heterocycles. The molecule has 0 saturated carbocycles. The standard InChI is InChI=1S/C5H7NO2/c7-3-4-1-2-5(8)6-4/h1-2,4,7H,3H2,(H,6,8)/t4-/m1/s1. The summed E-state index contributed by atoms with van der Waals surface area (Å²) in [5.74, 6) is -0.121. The minimum atomic E-state index is -0.150. The second kappa shape index (κ2) is 1.96. The van der Waals surface area contributed by atoms with Crippen molar-refractivity contribution in [3.63, 3.8) is 0 Å². The van der Waals surface area contributed by atoms with Crippen molar-refractivity contribution in [1.29, 1.82) is 0 Å². The van der Waals surface area contributed by atoms with Gasteiger partial charge in [-0.25, -0.2) is 0 Å². The quantitative estimate of drug-likeness (QED) is 0.460. The molecule has 0 fully saturated rings. The van der Waals surface area contributed by atoms with Crippen molar-refractivity contribution >= 4 is 5.91 Å². The third-order valence-corrected chi connectivity index (χ3v) is 1.00. The van der Waals surface area contributed by atoms with E-state index in [1.165, 1.54) is 6.08 Å². The van der Waals surface area contributed by atoms with E-state index >= 15 is 0 Å². The van der Waals surface area contributed by atoms with Gasteiger partial charge in [-0.1, -0.05) is 6.08 Å². The van der Waals surface area contributed by atoms with Crippen molar-refractivity contribution in [2.75, 3.05) is 6.61 Å². The highest BCUT2D eigenvalue weighted by molar-refractivity contribution is 5.90. The minimum Gasteiger partial charge on any atom is -0.394 e. The second-order valence-corrected chi connectivity index (χ2v) is 1.66. The number of rotatable bonds is 1. The molecule has 0 unspecified atom stereocenters. The molecule has 0 aromatic rings. The van der Waals surface area contributed by atoms with Crippen molar-refractivity contribution in [1.82, 2.24) is 5.32 Å². The van der Waals surface area contributed by atoms with Gasteiger partial charge in [-0.3, -0.25) is 4.79 Å². The first-order chi connectivity index (χ1) is 3.83. The largest absolute Gasteiger partial charge is 0.394 e. The van der Waals surface area contributed by atoms with E-state index in [0.29, 0.717) is 0 Å². The van der Waals surface area contributed by atoms with Crippen LogP contribution in [0, 0.1) is 0 Å². The fourth-order valence-electron chi connectivity index (χ4n) is 0.589. The predicted molar refractivity (Wildman–Crippen MR) is 28.2 cm³/mol. The molecule has 0 radical (unpaired) electrons. The summed E-state index contributed by atoms with van der Waals surface area (Å²) in [7, 11) is 0. The highest BCUT2D eigenvalue weighted by atomic mass is 16.3. The van der Waals surface area contributed by atoms with Gasteiger partial charge in [-0.2, -0.15) is 0 Å². The summed E-state index contributed by atoms with van der Waals surface area (Å²) in [4.78, 5) is 10.3. The molecular formula is C5H7NO2. The van der Waals surface area contributed by atoms with Crippen LogP contribution in [0.25, 0.3) is 0 Å². The van der Waals surface area contributed by atoms with Crippen LogP contribution < -0.4 is 5.32 Å². The Morgan fingerprint density at radius 2 is 2.62 bits per heavy atom. The first kappa shape index (κ1) is 5.31. The van der Waals surface area contributed by atoms with E-state index in [0.717, 1.165) is 0 Å². The van der Waals surface area contributed by atoms with Crippen molar-refractivity contribution < 1.29 is 9.90 Å². The van der Waals surface area contributed by atoms with E-state index in [2.05, 4.69) is 5.32 Å². The number of carbonyl (C=O) groups excluding carboxylic acids is 1. The van der Waals surface area contributed by atoms with Gasteiger partial charge in [0.1, 0.15) is 0 Å². The summed E-state index contributed by atoms with van der Waals surface area (Å²) < 4.78 is 0. The SMILES string of the molecule is O=C1C=C[C@H](CO)N1. The zero-order valence-corrected chi connectivity index (χ0v) is 4.29. The summed E-state index contributed by atoms with van der Waals surface area (Å²) in [5, 5.41) is 10.9. The van der Waals surface area contributed by atoms with Gasteiger partial charge in [-0.05, 0) is 0 Å². The Balaban J connectivity index is 2.46. The zero-order valence-electron chi connectivity index (χ0n) is 4.29. The van der Waals surface area contributed by atoms with Gasteiger partial charge in [0, 0.05) is 6.08 Å². The molecule has 3 nitrogen and oxygen atoms in total. The molecule has 0 aromatic heterocycles. The lowest BCUT2D eigenvalue weighted by molar-refractivity contribution is -0.116. The third kappa shape index (κ3) is 0.869. The molecule has 8 heavy (non-hydrogen) atoms. The van der Waals surface area contributed by atoms with E-state index in [1.807, 2.05) is 0 Å². The monoisotopic (exact) mass is 113 g/mol. The molecule has 0 aliphatic carbocycles. The second-order valence-electron chi connectivity index (χ2n) is 1.66. The van der Waals surface area contributed by atoms with Crippen molar-refractivity contribution in [3.05, 3.63) is 12.2 Å². The fourth-order valence-corrected chi connectivity index (χ4v) is 0.589. The summed E-state index contributed by atoms with van der Waals surface area (Å²) in [6.07, 6.45) is 3.06. The Bertz CT molecular complexity index is 130. The molecule has 0 spiro atoms. The number of hydrogen-bond donors (Lipinski definition) is 2. The summed E-state index contributed by atoms with van der Waals surface area (Å²) in [5.41, 5.74) is 0. The lowest BCUT2D eigenvalue weighted by atomic mass is 10.3. The van der Waals surface area contributed by atoms with Crippen LogP contribution in [-0.4, -0.2) is 23.7 Å². The molecule has 0 bridgehead atoms. The van der Waals surface area contributed by atoms with Gasteiger partial charge in [-0.15, -0.1) is 0 Å². The highest BCUT2D eigenvalue weighted by Gasteiger charge is 2.10. The van der Waals surface area contributed by atoms with Crippen LogP contribution in [0.1, 0.15) is 0 Å². The molecule has 1 heterocycles. The maximum atomic E-state index is 10.3. The van der Waals surface area contributed by atoms with Crippen molar-refractivity contribution in [2.45, 2.75) is 6.04 Å². The molecule has 1 atom stereocenters. The molecule has 0 saturated heterocycles. The number of aliphatic hydroxyl groups excluding tert-OH is 1. The van der Waals surface area contributed by atoms with E-state index in [1.54, 1.807) is 6.08 Å². The van der Waals surface area contributed by atoms with Gasteiger partial charge >= 0.3 is 0 Å². The van der Waals surface area contributed by atoms with Crippen LogP contribution in [0.2, 0.25) is 0 Å². The van der Waals surface area contributed by atoms with E-state index in [9.17, 15) is 4.79 Å². The molecule has 2 N–H and O–H groups in total. The number of aliphatic hydroxyl groups is 1. The van der Waals surface area contributed by atoms with Crippen molar-refractivity contribution in [3.8, 4) is 0 Å². The Kier molecular flexibility index (Phi) is 1.30. The molecule has 1 amide bonds. The number of hydrogen-bond acceptors (Lipinski definition) is 2. The topological polar surface area (TPSA) is 49.3 Å². The summed E-state index contributed by atoms with van der Waals surface area (Å²) in [6, 6.07) is -0.150. The minimum absolute atomic E-state index is 0.0117. The number of nitrogens with one attached hydrogen (secondary N) is 1. The lowest BCUT2D eigenvalue weighted by Gasteiger charge is -2.00. The van der Waals surface area contributed by atoms with E-state index < -0.39 is 0 Å². The normalized spacial score (nSPS) is 26.1. The number of amides is 1. The van der Waals surface area contributed by atoms with Crippen LogP contribution >= 0.6 is 0 Å². The van der Waals surface area contributed by atoms with Gasteiger partial charge in [0.05, 0.1) is 12.6 Å². The van der Waals surface area contributed by atoms with Crippen LogP contribution in [0.15, 0.2) is 12.2 Å². The Morgan fingerprint density at radius 3 is 2.88 bits per heavy atom.